The van der Waals surface area contributed by atoms with Gasteiger partial charge in [0.15, 0.2) is 0 Å². The summed E-state index contributed by atoms with van der Waals surface area (Å²) in [6, 6.07) is 11.1. The molecule has 1 atom stereocenters. The molecule has 222 valence electrons. The highest BCUT2D eigenvalue weighted by Crippen LogP contribution is 2.32. The number of sulfonamides is 1. The lowest BCUT2D eigenvalue weighted by Crippen LogP contribution is -2.49. The Bertz CT molecular complexity index is 1530. The summed E-state index contributed by atoms with van der Waals surface area (Å²) in [5.74, 6) is -2.31. The molecule has 42 heavy (non-hydrogen) atoms. The summed E-state index contributed by atoms with van der Waals surface area (Å²) in [5.41, 5.74) is 0.786. The second-order valence-electron chi connectivity index (χ2n) is 9.44. The molecule has 1 aliphatic heterocycles. The predicted octanol–water partition coefficient (Wildman–Crippen LogP) is 1.77. The Balaban J connectivity index is 1.43. The van der Waals surface area contributed by atoms with Crippen molar-refractivity contribution in [2.45, 2.75) is 36.4 Å². The molecule has 0 bridgehead atoms. The number of carbonyl (C=O) groups is 3. The monoisotopic (exact) mass is 598 g/mol. The zero-order valence-corrected chi connectivity index (χ0v) is 23.4. The summed E-state index contributed by atoms with van der Waals surface area (Å²) in [6.07, 6.45) is 2.75. The number of hydrogen-bond acceptors (Lipinski definition) is 10. The fourth-order valence-electron chi connectivity index (χ4n) is 4.47. The van der Waals surface area contributed by atoms with Crippen LogP contribution in [0, 0.1) is 0 Å². The zero-order chi connectivity index (χ0) is 30.3. The van der Waals surface area contributed by atoms with Gasteiger partial charge < -0.3 is 30.5 Å². The normalized spacial score (nSPS) is 14.5. The molecule has 1 aromatic heterocycles. The largest absolute Gasteiger partial charge is 0.495 e. The van der Waals surface area contributed by atoms with E-state index in [0.717, 1.165) is 42.8 Å². The van der Waals surface area contributed by atoms with Crippen molar-refractivity contribution in [3.63, 3.8) is 0 Å². The lowest BCUT2D eigenvalue weighted by Gasteiger charge is -2.34. The van der Waals surface area contributed by atoms with Crippen molar-refractivity contribution in [3.8, 4) is 5.75 Å². The van der Waals surface area contributed by atoms with Crippen molar-refractivity contribution in [1.82, 2.24) is 20.0 Å². The molecule has 15 heteroatoms. The SMILES string of the molecule is COc1cc(C(=O)NC(CC(=O)O)NS(=O)(=O)c2ccc(C(=O)O)cc2)ccc1N1CCC(Nc2ncccn2)CC1. The van der Waals surface area contributed by atoms with Gasteiger partial charge in [0.1, 0.15) is 11.9 Å². The number of carbonyl (C=O) groups excluding carboxylic acids is 1. The third-order valence-electron chi connectivity index (χ3n) is 6.57. The van der Waals surface area contributed by atoms with Crippen LogP contribution in [0.1, 0.15) is 40.0 Å². The van der Waals surface area contributed by atoms with Crippen LogP contribution >= 0.6 is 0 Å². The molecule has 3 aromatic rings. The van der Waals surface area contributed by atoms with E-state index < -0.39 is 40.5 Å². The van der Waals surface area contributed by atoms with Crippen LogP contribution in [-0.2, 0) is 14.8 Å². The van der Waals surface area contributed by atoms with E-state index >= 15 is 0 Å². The molecule has 0 radical (unpaired) electrons. The standard InChI is InChI=1S/C27H30N6O8S/c1-41-22-15-18(5-8-21(22)33-13-9-19(10-14-33)30-27-28-11-2-12-29-27)25(36)31-23(16-24(34)35)32-42(39,40)20-6-3-17(4-7-20)26(37)38/h2-8,11-12,15,19,23,32H,9-10,13-14,16H2,1H3,(H,31,36)(H,34,35)(H,37,38)(H,28,29,30). The van der Waals surface area contributed by atoms with Gasteiger partial charge in [-0.3, -0.25) is 9.59 Å². The number of piperidine rings is 1. The number of methoxy groups -OCH3 is 1. The number of rotatable bonds is 12. The third kappa shape index (κ3) is 7.70. The topological polar surface area (TPSA) is 200 Å². The first-order valence-electron chi connectivity index (χ1n) is 12.9. The van der Waals surface area contributed by atoms with Gasteiger partial charge in [-0.2, -0.15) is 4.72 Å². The van der Waals surface area contributed by atoms with Crippen molar-refractivity contribution in [3.05, 3.63) is 72.1 Å². The number of carboxylic acids is 2. The van der Waals surface area contributed by atoms with Gasteiger partial charge in [0.25, 0.3) is 5.91 Å². The zero-order valence-electron chi connectivity index (χ0n) is 22.6. The van der Waals surface area contributed by atoms with Crippen molar-refractivity contribution in [2.24, 2.45) is 0 Å². The molecule has 14 nitrogen and oxygen atoms in total. The number of hydrogen-bond donors (Lipinski definition) is 5. The molecule has 1 fully saturated rings. The van der Waals surface area contributed by atoms with E-state index in [1.807, 2.05) is 0 Å². The number of aromatic carboxylic acids is 1. The van der Waals surface area contributed by atoms with Crippen molar-refractivity contribution < 1.29 is 37.8 Å². The summed E-state index contributed by atoms with van der Waals surface area (Å²) in [6.45, 7) is 1.42. The van der Waals surface area contributed by atoms with Crippen molar-refractivity contribution in [1.29, 1.82) is 0 Å². The number of benzene rings is 2. The maximum Gasteiger partial charge on any atom is 0.335 e. The number of carboxylic acid groups (broad SMARTS) is 2. The summed E-state index contributed by atoms with van der Waals surface area (Å²) in [7, 11) is -2.83. The minimum absolute atomic E-state index is 0.121. The Morgan fingerprint density at radius 1 is 1.02 bits per heavy atom. The lowest BCUT2D eigenvalue weighted by molar-refractivity contribution is -0.137. The van der Waals surface area contributed by atoms with Gasteiger partial charge >= 0.3 is 11.9 Å². The van der Waals surface area contributed by atoms with Crippen LogP contribution in [0.3, 0.4) is 0 Å². The highest BCUT2D eigenvalue weighted by atomic mass is 32.2. The van der Waals surface area contributed by atoms with E-state index in [-0.39, 0.29) is 22.1 Å². The maximum absolute atomic E-state index is 13.1. The summed E-state index contributed by atoms with van der Waals surface area (Å²) in [5, 5.41) is 24.1. The Morgan fingerprint density at radius 2 is 1.67 bits per heavy atom. The van der Waals surface area contributed by atoms with Gasteiger partial charge in [0, 0.05) is 37.1 Å². The van der Waals surface area contributed by atoms with Gasteiger partial charge in [-0.05, 0) is 61.4 Å². The van der Waals surface area contributed by atoms with Crippen LogP contribution in [0.25, 0.3) is 0 Å². The maximum atomic E-state index is 13.1. The van der Waals surface area contributed by atoms with E-state index in [9.17, 15) is 27.9 Å². The first-order valence-corrected chi connectivity index (χ1v) is 14.4. The summed E-state index contributed by atoms with van der Waals surface area (Å²) in [4.78, 5) is 45.8. The Morgan fingerprint density at radius 3 is 2.26 bits per heavy atom. The van der Waals surface area contributed by atoms with Crippen LogP contribution in [0.4, 0.5) is 11.6 Å². The molecule has 1 aliphatic rings. The van der Waals surface area contributed by atoms with E-state index in [2.05, 4.69) is 30.2 Å². The van der Waals surface area contributed by atoms with Gasteiger partial charge in [0.2, 0.25) is 16.0 Å². The van der Waals surface area contributed by atoms with E-state index in [0.29, 0.717) is 24.8 Å². The summed E-state index contributed by atoms with van der Waals surface area (Å²) < 4.78 is 33.4. The average molecular weight is 599 g/mol. The molecule has 1 unspecified atom stereocenters. The molecule has 0 spiro atoms. The highest BCUT2D eigenvalue weighted by molar-refractivity contribution is 7.89. The molecule has 5 N–H and O–H groups in total. The number of aromatic nitrogens is 2. The number of nitrogens with one attached hydrogen (secondary N) is 3. The third-order valence-corrected chi connectivity index (χ3v) is 8.06. The molecule has 1 amide bonds. The number of aliphatic carboxylic acids is 1. The number of ether oxygens (including phenoxy) is 1. The van der Waals surface area contributed by atoms with Crippen LogP contribution in [0.5, 0.6) is 5.75 Å². The Kier molecular flexibility index (Phi) is 9.54. The number of anilines is 2. The molecule has 0 aliphatic carbocycles. The second-order valence-corrected chi connectivity index (χ2v) is 11.2. The quantitative estimate of drug-likeness (QED) is 0.190. The minimum Gasteiger partial charge on any atom is -0.495 e. The van der Waals surface area contributed by atoms with Crippen molar-refractivity contribution in [2.75, 3.05) is 30.4 Å². The lowest BCUT2D eigenvalue weighted by atomic mass is 10.0. The molecule has 1 saturated heterocycles. The molecule has 0 saturated carbocycles. The van der Waals surface area contributed by atoms with Gasteiger partial charge in [-0.25, -0.2) is 23.2 Å². The highest BCUT2D eigenvalue weighted by Gasteiger charge is 2.26. The average Bonchev–Trinajstić information content (AvgIpc) is 2.97. The number of nitrogens with zero attached hydrogens (tertiary/aromatic N) is 3. The molecule has 2 heterocycles. The van der Waals surface area contributed by atoms with E-state index in [1.54, 1.807) is 30.6 Å². The predicted molar refractivity (Wildman–Crippen MR) is 151 cm³/mol. The van der Waals surface area contributed by atoms with Gasteiger partial charge in [-0.15, -0.1) is 0 Å². The molecule has 2 aromatic carbocycles. The Labute approximate surface area is 241 Å². The van der Waals surface area contributed by atoms with Crippen LogP contribution in [0.2, 0.25) is 0 Å². The fraction of sp³-hybridized carbons (Fsp3) is 0.296. The van der Waals surface area contributed by atoms with Crippen LogP contribution < -0.4 is 25.0 Å². The smallest absolute Gasteiger partial charge is 0.335 e. The van der Waals surface area contributed by atoms with Crippen LogP contribution in [0.15, 0.2) is 65.8 Å². The van der Waals surface area contributed by atoms with Crippen LogP contribution in [-0.4, -0.2) is 78.9 Å². The first kappa shape index (κ1) is 30.2. The minimum atomic E-state index is -4.30. The van der Waals surface area contributed by atoms with Gasteiger partial charge in [0.05, 0.1) is 29.7 Å². The second kappa shape index (κ2) is 13.3. The summed E-state index contributed by atoms with van der Waals surface area (Å²) >= 11 is 0. The van der Waals surface area contributed by atoms with E-state index in [1.165, 1.54) is 13.2 Å². The first-order chi connectivity index (χ1) is 20.1. The molecular formula is C27H30N6O8S. The molecular weight excluding hydrogens is 568 g/mol. The molecule has 4 rings (SSSR count). The van der Waals surface area contributed by atoms with Gasteiger partial charge in [-0.1, -0.05) is 0 Å². The van der Waals surface area contributed by atoms with Crippen molar-refractivity contribution >= 4 is 39.5 Å². The van der Waals surface area contributed by atoms with E-state index in [4.69, 9.17) is 9.84 Å². The number of amides is 1. The Hall–Kier alpha value is -4.76. The fourth-order valence-corrected chi connectivity index (χ4v) is 5.62.